The number of halogens is 2. The highest BCUT2D eigenvalue weighted by molar-refractivity contribution is 9.10. The van der Waals surface area contributed by atoms with E-state index in [0.29, 0.717) is 47.8 Å². The lowest BCUT2D eigenvalue weighted by molar-refractivity contribution is -0.128. The Labute approximate surface area is 160 Å². The molecule has 1 unspecified atom stereocenters. The Morgan fingerprint density at radius 1 is 1.40 bits per heavy atom. The maximum atomic E-state index is 12.3. The summed E-state index contributed by atoms with van der Waals surface area (Å²) in [6.45, 7) is 4.99. The van der Waals surface area contributed by atoms with E-state index in [2.05, 4.69) is 21.2 Å². The Morgan fingerprint density at radius 3 is 2.68 bits per heavy atom. The molecule has 2 amide bonds. The van der Waals surface area contributed by atoms with Crippen LogP contribution in [0.2, 0.25) is 5.02 Å². The van der Waals surface area contributed by atoms with Crippen LogP contribution in [0.5, 0.6) is 5.75 Å². The van der Waals surface area contributed by atoms with Crippen LogP contribution in [0.1, 0.15) is 26.7 Å². The average Bonchev–Trinajstić information content (AvgIpc) is 2.58. The lowest BCUT2D eigenvalue weighted by Gasteiger charge is -2.32. The second kappa shape index (κ2) is 9.29. The zero-order chi connectivity index (χ0) is 18.4. The molecular formula is C17H22BrClN2O4. The van der Waals surface area contributed by atoms with Crippen LogP contribution in [0, 0.1) is 0 Å². The van der Waals surface area contributed by atoms with Crippen molar-refractivity contribution in [3.8, 4) is 5.75 Å². The Morgan fingerprint density at radius 2 is 2.08 bits per heavy atom. The highest BCUT2D eigenvalue weighted by Crippen LogP contribution is 2.28. The molecule has 1 aliphatic rings. The van der Waals surface area contributed by atoms with Gasteiger partial charge >= 0.3 is 6.09 Å². The highest BCUT2D eigenvalue weighted by Gasteiger charge is 2.26. The number of piperidine rings is 1. The van der Waals surface area contributed by atoms with Crippen LogP contribution in [0.4, 0.5) is 4.79 Å². The van der Waals surface area contributed by atoms with Crippen molar-refractivity contribution in [2.45, 2.75) is 38.8 Å². The number of nitrogens with one attached hydrogen (secondary N) is 1. The third-order valence-corrected chi connectivity index (χ3v) is 4.79. The smallest absolute Gasteiger partial charge is 0.409 e. The van der Waals surface area contributed by atoms with Gasteiger partial charge in [-0.2, -0.15) is 0 Å². The number of benzene rings is 1. The standard InChI is InChI=1S/C17H22BrClN2O4/c1-3-24-17(23)21-8-6-13(7-9-21)20-16(22)11(2)25-15-5-4-12(19)10-14(15)18/h4-5,10-11,13H,3,6-9H2,1-2H3,(H,20,22). The summed E-state index contributed by atoms with van der Waals surface area (Å²) < 4.78 is 11.4. The summed E-state index contributed by atoms with van der Waals surface area (Å²) in [6, 6.07) is 5.16. The maximum Gasteiger partial charge on any atom is 0.409 e. The molecule has 1 aromatic rings. The van der Waals surface area contributed by atoms with Crippen LogP contribution in [-0.2, 0) is 9.53 Å². The molecule has 25 heavy (non-hydrogen) atoms. The number of amides is 2. The van der Waals surface area contributed by atoms with Gasteiger partial charge in [0.25, 0.3) is 5.91 Å². The summed E-state index contributed by atoms with van der Waals surface area (Å²) in [6.07, 6.45) is 0.459. The van der Waals surface area contributed by atoms with Crippen molar-refractivity contribution in [2.75, 3.05) is 19.7 Å². The molecule has 0 aliphatic carbocycles. The second-order valence-electron chi connectivity index (χ2n) is 5.80. The molecule has 0 saturated carbocycles. The van der Waals surface area contributed by atoms with Gasteiger partial charge in [-0.25, -0.2) is 4.79 Å². The molecule has 1 atom stereocenters. The van der Waals surface area contributed by atoms with Crippen molar-refractivity contribution in [2.24, 2.45) is 0 Å². The van der Waals surface area contributed by atoms with Gasteiger partial charge in [0, 0.05) is 24.2 Å². The first-order valence-electron chi connectivity index (χ1n) is 8.24. The number of carbonyl (C=O) groups is 2. The van der Waals surface area contributed by atoms with Crippen LogP contribution in [0.3, 0.4) is 0 Å². The number of hydrogen-bond acceptors (Lipinski definition) is 4. The van der Waals surface area contributed by atoms with E-state index < -0.39 is 6.10 Å². The van der Waals surface area contributed by atoms with Gasteiger partial charge in [-0.05, 0) is 60.8 Å². The number of carbonyl (C=O) groups excluding carboxylic acids is 2. The first-order valence-corrected chi connectivity index (χ1v) is 9.41. The molecule has 0 spiro atoms. The number of ether oxygens (including phenoxy) is 2. The lowest BCUT2D eigenvalue weighted by Crippen LogP contribution is -2.49. The minimum absolute atomic E-state index is 0.0258. The Balaban J connectivity index is 1.81. The van der Waals surface area contributed by atoms with E-state index >= 15 is 0 Å². The number of hydrogen-bond donors (Lipinski definition) is 1. The molecule has 1 aliphatic heterocycles. The van der Waals surface area contributed by atoms with Crippen molar-refractivity contribution < 1.29 is 19.1 Å². The molecule has 1 saturated heterocycles. The van der Waals surface area contributed by atoms with E-state index in [-0.39, 0.29) is 18.0 Å². The maximum absolute atomic E-state index is 12.3. The van der Waals surface area contributed by atoms with Gasteiger partial charge in [0.2, 0.25) is 0 Å². The largest absolute Gasteiger partial charge is 0.480 e. The van der Waals surface area contributed by atoms with E-state index in [1.807, 2.05) is 0 Å². The molecule has 0 bridgehead atoms. The zero-order valence-electron chi connectivity index (χ0n) is 14.3. The summed E-state index contributed by atoms with van der Waals surface area (Å²) in [5.74, 6) is 0.376. The van der Waals surface area contributed by atoms with Crippen molar-refractivity contribution >= 4 is 39.5 Å². The van der Waals surface area contributed by atoms with Gasteiger partial charge in [0.1, 0.15) is 5.75 Å². The Bertz CT molecular complexity index is 621. The molecule has 1 heterocycles. The summed E-state index contributed by atoms with van der Waals surface area (Å²) in [4.78, 5) is 25.7. The molecule has 1 N–H and O–H groups in total. The van der Waals surface area contributed by atoms with Crippen molar-refractivity contribution in [1.29, 1.82) is 0 Å². The van der Waals surface area contributed by atoms with Crippen LogP contribution in [0.15, 0.2) is 22.7 Å². The van der Waals surface area contributed by atoms with Gasteiger partial charge in [-0.1, -0.05) is 11.6 Å². The zero-order valence-corrected chi connectivity index (χ0v) is 16.6. The minimum Gasteiger partial charge on any atom is -0.480 e. The molecule has 138 valence electrons. The van der Waals surface area contributed by atoms with E-state index in [4.69, 9.17) is 21.1 Å². The molecule has 2 rings (SSSR count). The van der Waals surface area contributed by atoms with Crippen molar-refractivity contribution in [3.63, 3.8) is 0 Å². The molecule has 6 nitrogen and oxygen atoms in total. The van der Waals surface area contributed by atoms with E-state index in [1.54, 1.807) is 36.9 Å². The minimum atomic E-state index is -0.638. The first-order chi connectivity index (χ1) is 11.9. The topological polar surface area (TPSA) is 67.9 Å². The van der Waals surface area contributed by atoms with Crippen LogP contribution >= 0.6 is 27.5 Å². The quantitative estimate of drug-likeness (QED) is 0.770. The fourth-order valence-corrected chi connectivity index (χ4v) is 3.33. The number of rotatable bonds is 5. The lowest BCUT2D eigenvalue weighted by atomic mass is 10.1. The van der Waals surface area contributed by atoms with Crippen molar-refractivity contribution in [1.82, 2.24) is 10.2 Å². The van der Waals surface area contributed by atoms with Gasteiger partial charge in [0.15, 0.2) is 6.10 Å². The fraction of sp³-hybridized carbons (Fsp3) is 0.529. The van der Waals surface area contributed by atoms with Crippen LogP contribution in [0.25, 0.3) is 0 Å². The molecule has 0 radical (unpaired) electrons. The van der Waals surface area contributed by atoms with Gasteiger partial charge in [0.05, 0.1) is 11.1 Å². The molecule has 1 aromatic carbocycles. The van der Waals surface area contributed by atoms with E-state index in [1.165, 1.54) is 0 Å². The predicted molar refractivity (Wildman–Crippen MR) is 99.0 cm³/mol. The van der Waals surface area contributed by atoms with Gasteiger partial charge in [-0.3, -0.25) is 4.79 Å². The van der Waals surface area contributed by atoms with Gasteiger partial charge < -0.3 is 19.7 Å². The number of likely N-dealkylation sites (tertiary alicyclic amines) is 1. The molecular weight excluding hydrogens is 412 g/mol. The molecule has 0 aromatic heterocycles. The first kappa shape index (κ1) is 19.8. The number of nitrogens with zero attached hydrogens (tertiary/aromatic N) is 1. The summed E-state index contributed by atoms with van der Waals surface area (Å²) in [5, 5.41) is 3.56. The average molecular weight is 434 g/mol. The second-order valence-corrected chi connectivity index (χ2v) is 7.09. The fourth-order valence-electron chi connectivity index (χ4n) is 2.55. The van der Waals surface area contributed by atoms with E-state index in [0.717, 1.165) is 0 Å². The predicted octanol–water partition coefficient (Wildman–Crippen LogP) is 3.61. The molecule has 8 heteroatoms. The summed E-state index contributed by atoms with van der Waals surface area (Å²) >= 11 is 9.26. The monoisotopic (exact) mass is 432 g/mol. The SMILES string of the molecule is CCOC(=O)N1CCC(NC(=O)C(C)Oc2ccc(Cl)cc2Br)CC1. The van der Waals surface area contributed by atoms with E-state index in [9.17, 15) is 9.59 Å². The van der Waals surface area contributed by atoms with Crippen LogP contribution in [-0.4, -0.2) is 48.7 Å². The van der Waals surface area contributed by atoms with Crippen molar-refractivity contribution in [3.05, 3.63) is 27.7 Å². The molecule has 1 fully saturated rings. The summed E-state index contributed by atoms with van der Waals surface area (Å²) in [5.41, 5.74) is 0. The third-order valence-electron chi connectivity index (χ3n) is 3.93. The normalized spacial score (nSPS) is 16.2. The Kier molecular flexibility index (Phi) is 7.38. The van der Waals surface area contributed by atoms with Crippen LogP contribution < -0.4 is 10.1 Å². The third kappa shape index (κ3) is 5.78. The Hall–Kier alpha value is -1.47. The summed E-state index contributed by atoms with van der Waals surface area (Å²) in [7, 11) is 0. The highest BCUT2D eigenvalue weighted by atomic mass is 79.9. The van der Waals surface area contributed by atoms with Gasteiger partial charge in [-0.15, -0.1) is 0 Å².